The van der Waals surface area contributed by atoms with Crippen molar-refractivity contribution in [2.75, 3.05) is 13.2 Å². The Bertz CT molecular complexity index is 393. The number of halogens is 2. The molecule has 1 saturated heterocycles. The fraction of sp³-hybridized carbons (Fsp3) is 0.300. The predicted molar refractivity (Wildman–Crippen MR) is 56.2 cm³/mol. The maximum absolute atomic E-state index is 12.8. The summed E-state index contributed by atoms with van der Waals surface area (Å²) in [5.41, 5.74) is 0.434. The minimum Gasteiger partial charge on any atom is -0.377 e. The molecule has 5 heteroatoms. The highest BCUT2D eigenvalue weighted by atomic mass is 79.9. The van der Waals surface area contributed by atoms with E-state index in [-0.39, 0.29) is 17.8 Å². The lowest BCUT2D eigenvalue weighted by Crippen LogP contribution is -2.48. The van der Waals surface area contributed by atoms with Crippen LogP contribution in [0.15, 0.2) is 22.7 Å². The van der Waals surface area contributed by atoms with Crippen molar-refractivity contribution in [3.05, 3.63) is 34.1 Å². The molecule has 0 spiro atoms. The molecule has 80 valence electrons. The maximum atomic E-state index is 12.8. The average molecular weight is 274 g/mol. The molecule has 0 unspecified atom stereocenters. The van der Waals surface area contributed by atoms with Gasteiger partial charge in [-0.2, -0.15) is 0 Å². The highest BCUT2D eigenvalue weighted by Gasteiger charge is 2.21. The zero-order valence-electron chi connectivity index (χ0n) is 7.80. The number of ether oxygens (including phenoxy) is 1. The molecule has 1 N–H and O–H groups in total. The average Bonchev–Trinajstić information content (AvgIpc) is 2.11. The molecular formula is C10H9BrFNO2. The van der Waals surface area contributed by atoms with Gasteiger partial charge in [-0.3, -0.25) is 4.79 Å². The second-order valence-electron chi connectivity index (χ2n) is 3.33. The second kappa shape index (κ2) is 4.28. The van der Waals surface area contributed by atoms with Crippen molar-refractivity contribution in [1.29, 1.82) is 0 Å². The fourth-order valence-electron chi connectivity index (χ4n) is 1.26. The van der Waals surface area contributed by atoms with Gasteiger partial charge >= 0.3 is 0 Å². The molecule has 1 aromatic rings. The summed E-state index contributed by atoms with van der Waals surface area (Å²) in [6.45, 7) is 1.09. The van der Waals surface area contributed by atoms with E-state index in [9.17, 15) is 9.18 Å². The van der Waals surface area contributed by atoms with E-state index in [0.717, 1.165) is 0 Å². The van der Waals surface area contributed by atoms with Gasteiger partial charge in [0.15, 0.2) is 0 Å². The summed E-state index contributed by atoms with van der Waals surface area (Å²) in [5.74, 6) is -0.583. The molecule has 1 fully saturated rings. The van der Waals surface area contributed by atoms with Crippen LogP contribution < -0.4 is 5.32 Å². The first kappa shape index (κ1) is 10.6. The monoisotopic (exact) mass is 273 g/mol. The fourth-order valence-corrected chi connectivity index (χ4v) is 1.79. The highest BCUT2D eigenvalue weighted by Crippen LogP contribution is 2.18. The predicted octanol–water partition coefficient (Wildman–Crippen LogP) is 1.72. The molecule has 0 atom stereocenters. The van der Waals surface area contributed by atoms with E-state index in [2.05, 4.69) is 21.2 Å². The summed E-state index contributed by atoms with van der Waals surface area (Å²) in [6.07, 6.45) is 0. The van der Waals surface area contributed by atoms with Crippen LogP contribution in [0, 0.1) is 5.82 Å². The molecule has 1 aromatic carbocycles. The summed E-state index contributed by atoms with van der Waals surface area (Å²) in [7, 11) is 0. The van der Waals surface area contributed by atoms with E-state index in [1.807, 2.05) is 0 Å². The lowest BCUT2D eigenvalue weighted by Gasteiger charge is -2.26. The summed E-state index contributed by atoms with van der Waals surface area (Å²) in [4.78, 5) is 11.7. The van der Waals surface area contributed by atoms with Crippen molar-refractivity contribution in [3.8, 4) is 0 Å². The van der Waals surface area contributed by atoms with Gasteiger partial charge in [-0.1, -0.05) is 0 Å². The zero-order valence-corrected chi connectivity index (χ0v) is 9.38. The van der Waals surface area contributed by atoms with Crippen LogP contribution in [0.25, 0.3) is 0 Å². The summed E-state index contributed by atoms with van der Waals surface area (Å²) in [5, 5.41) is 2.78. The Hall–Kier alpha value is -0.940. The quantitative estimate of drug-likeness (QED) is 0.891. The number of hydrogen-bond donors (Lipinski definition) is 1. The Morgan fingerprint density at radius 3 is 2.80 bits per heavy atom. The van der Waals surface area contributed by atoms with Crippen LogP contribution >= 0.6 is 15.9 Å². The molecule has 1 heterocycles. The number of nitrogens with one attached hydrogen (secondary N) is 1. The molecule has 0 saturated carbocycles. The van der Waals surface area contributed by atoms with Crippen LogP contribution in [-0.2, 0) is 4.74 Å². The van der Waals surface area contributed by atoms with E-state index in [4.69, 9.17) is 4.74 Å². The van der Waals surface area contributed by atoms with Crippen molar-refractivity contribution in [1.82, 2.24) is 5.32 Å². The third-order valence-corrected chi connectivity index (χ3v) is 2.81. The summed E-state index contributed by atoms with van der Waals surface area (Å²) in [6, 6.07) is 4.06. The van der Waals surface area contributed by atoms with Gasteiger partial charge in [0, 0.05) is 4.47 Å². The lowest BCUT2D eigenvalue weighted by atomic mass is 10.2. The van der Waals surface area contributed by atoms with Crippen molar-refractivity contribution in [3.63, 3.8) is 0 Å². The Labute approximate surface area is 94.7 Å². The van der Waals surface area contributed by atoms with Gasteiger partial charge in [0.05, 0.1) is 24.8 Å². The molecule has 0 aromatic heterocycles. The van der Waals surface area contributed by atoms with Crippen molar-refractivity contribution in [2.45, 2.75) is 6.04 Å². The van der Waals surface area contributed by atoms with Crippen LogP contribution in [0.2, 0.25) is 0 Å². The van der Waals surface area contributed by atoms with Crippen molar-refractivity contribution < 1.29 is 13.9 Å². The van der Waals surface area contributed by atoms with Crippen LogP contribution in [0.1, 0.15) is 10.4 Å². The van der Waals surface area contributed by atoms with Gasteiger partial charge < -0.3 is 10.1 Å². The number of rotatable bonds is 2. The van der Waals surface area contributed by atoms with Gasteiger partial charge in [-0.15, -0.1) is 0 Å². The number of amides is 1. The van der Waals surface area contributed by atoms with Crippen LogP contribution in [0.3, 0.4) is 0 Å². The van der Waals surface area contributed by atoms with Gasteiger partial charge in [0.25, 0.3) is 5.91 Å². The Kier molecular flexibility index (Phi) is 3.02. The Balaban J connectivity index is 2.10. The Morgan fingerprint density at radius 2 is 2.27 bits per heavy atom. The van der Waals surface area contributed by atoms with Gasteiger partial charge in [0.2, 0.25) is 0 Å². The van der Waals surface area contributed by atoms with E-state index in [0.29, 0.717) is 23.2 Å². The third kappa shape index (κ3) is 2.35. The standard InChI is InChI=1S/C10H9BrFNO2/c11-9-3-6(12)1-2-8(9)10(14)13-7-4-15-5-7/h1-3,7H,4-5H2,(H,13,14). The molecule has 0 bridgehead atoms. The van der Waals surface area contributed by atoms with Crippen LogP contribution in [0.4, 0.5) is 4.39 Å². The highest BCUT2D eigenvalue weighted by molar-refractivity contribution is 9.10. The van der Waals surface area contributed by atoms with Crippen LogP contribution in [0.5, 0.6) is 0 Å². The van der Waals surface area contributed by atoms with Gasteiger partial charge in [-0.05, 0) is 34.1 Å². The van der Waals surface area contributed by atoms with Crippen molar-refractivity contribution in [2.24, 2.45) is 0 Å². The molecule has 2 rings (SSSR count). The topological polar surface area (TPSA) is 38.3 Å². The largest absolute Gasteiger partial charge is 0.377 e. The SMILES string of the molecule is O=C(NC1COC1)c1ccc(F)cc1Br. The van der Waals surface area contributed by atoms with E-state index >= 15 is 0 Å². The lowest BCUT2D eigenvalue weighted by molar-refractivity contribution is -0.00347. The van der Waals surface area contributed by atoms with Crippen LogP contribution in [-0.4, -0.2) is 25.2 Å². The third-order valence-electron chi connectivity index (χ3n) is 2.15. The molecule has 15 heavy (non-hydrogen) atoms. The molecule has 0 radical (unpaired) electrons. The van der Waals surface area contributed by atoms with E-state index in [1.54, 1.807) is 0 Å². The minimum absolute atomic E-state index is 0.0782. The first-order valence-electron chi connectivity index (χ1n) is 4.50. The smallest absolute Gasteiger partial charge is 0.252 e. The summed E-state index contributed by atoms with van der Waals surface area (Å²) >= 11 is 3.15. The number of carbonyl (C=O) groups excluding carboxylic acids is 1. The molecule has 0 aliphatic carbocycles. The summed E-state index contributed by atoms with van der Waals surface area (Å²) < 4.78 is 18.2. The van der Waals surface area contributed by atoms with E-state index < -0.39 is 0 Å². The van der Waals surface area contributed by atoms with E-state index in [1.165, 1.54) is 18.2 Å². The second-order valence-corrected chi connectivity index (χ2v) is 4.19. The first-order chi connectivity index (χ1) is 7.16. The minimum atomic E-state index is -0.370. The number of carbonyl (C=O) groups is 1. The normalized spacial score (nSPS) is 15.9. The number of hydrogen-bond acceptors (Lipinski definition) is 2. The number of benzene rings is 1. The zero-order chi connectivity index (χ0) is 10.8. The molecule has 1 amide bonds. The molecule has 3 nitrogen and oxygen atoms in total. The van der Waals surface area contributed by atoms with Gasteiger partial charge in [-0.25, -0.2) is 4.39 Å². The first-order valence-corrected chi connectivity index (χ1v) is 5.30. The molecule has 1 aliphatic rings. The molecular weight excluding hydrogens is 265 g/mol. The molecule has 1 aliphatic heterocycles. The Morgan fingerprint density at radius 1 is 1.53 bits per heavy atom. The van der Waals surface area contributed by atoms with Crippen molar-refractivity contribution >= 4 is 21.8 Å². The van der Waals surface area contributed by atoms with Gasteiger partial charge in [0.1, 0.15) is 5.82 Å². The maximum Gasteiger partial charge on any atom is 0.252 e.